The van der Waals surface area contributed by atoms with Crippen molar-refractivity contribution in [1.29, 1.82) is 0 Å². The number of thiophene rings is 4. The van der Waals surface area contributed by atoms with Crippen molar-refractivity contribution < 1.29 is 10.2 Å². The van der Waals surface area contributed by atoms with Gasteiger partial charge in [0.15, 0.2) is 0 Å². The maximum Gasteiger partial charge on any atom is 0.124 e. The van der Waals surface area contributed by atoms with Crippen molar-refractivity contribution in [2.45, 2.75) is 0 Å². The number of aromatic hydroxyl groups is 2. The second-order valence-corrected chi connectivity index (χ2v) is 14.1. The van der Waals surface area contributed by atoms with E-state index >= 15 is 0 Å². The van der Waals surface area contributed by atoms with Crippen molar-refractivity contribution in [1.82, 2.24) is 0 Å². The highest BCUT2D eigenvalue weighted by Crippen LogP contribution is 2.47. The summed E-state index contributed by atoms with van der Waals surface area (Å²) in [4.78, 5) is 7.33. The monoisotopic (exact) mass is 614 g/mol. The lowest BCUT2D eigenvalue weighted by Gasteiger charge is -2.15. The van der Waals surface area contributed by atoms with Crippen molar-refractivity contribution in [3.8, 4) is 63.0 Å². The lowest BCUT2D eigenvalue weighted by Crippen LogP contribution is -1.88. The molecule has 0 radical (unpaired) electrons. The lowest BCUT2D eigenvalue weighted by molar-refractivity contribution is 0.470. The molecule has 4 aromatic heterocycles. The summed E-state index contributed by atoms with van der Waals surface area (Å²) in [6.45, 7) is 0. The van der Waals surface area contributed by atoms with Crippen LogP contribution in [0.2, 0.25) is 0 Å². The van der Waals surface area contributed by atoms with Crippen LogP contribution in [0.3, 0.4) is 0 Å². The summed E-state index contributed by atoms with van der Waals surface area (Å²) >= 11 is 7.01. The molecule has 8 aromatic rings. The first kappa shape index (κ1) is 25.5. The van der Waals surface area contributed by atoms with Crippen LogP contribution in [0.4, 0.5) is 0 Å². The lowest BCUT2D eigenvalue weighted by atomic mass is 9.90. The van der Waals surface area contributed by atoms with Crippen LogP contribution in [-0.4, -0.2) is 10.2 Å². The molecule has 0 fully saturated rings. The molecule has 6 heteroatoms. The minimum atomic E-state index is 0.148. The zero-order valence-corrected chi connectivity index (χ0v) is 25.3. The fourth-order valence-corrected chi connectivity index (χ4v) is 9.21. The molecule has 0 bridgehead atoms. The van der Waals surface area contributed by atoms with Gasteiger partial charge < -0.3 is 10.2 Å². The Kier molecular flexibility index (Phi) is 6.23. The molecule has 42 heavy (non-hydrogen) atoms. The predicted molar refractivity (Wildman–Crippen MR) is 183 cm³/mol. The van der Waals surface area contributed by atoms with Crippen LogP contribution in [0.15, 0.2) is 120 Å². The normalized spacial score (nSPS) is 11.5. The maximum atomic E-state index is 11.3. The van der Waals surface area contributed by atoms with Crippen LogP contribution in [0.1, 0.15) is 0 Å². The van der Waals surface area contributed by atoms with Crippen molar-refractivity contribution in [2.24, 2.45) is 0 Å². The molecule has 4 aromatic carbocycles. The van der Waals surface area contributed by atoms with E-state index in [9.17, 15) is 10.2 Å². The van der Waals surface area contributed by atoms with Crippen molar-refractivity contribution in [3.05, 3.63) is 120 Å². The van der Waals surface area contributed by atoms with Gasteiger partial charge in [0.2, 0.25) is 0 Å². The number of hydrogen-bond acceptors (Lipinski definition) is 6. The molecule has 0 aliphatic heterocycles. The van der Waals surface area contributed by atoms with E-state index in [0.29, 0.717) is 11.1 Å². The third kappa shape index (κ3) is 4.35. The van der Waals surface area contributed by atoms with Crippen LogP contribution in [0.25, 0.3) is 73.1 Å². The number of phenols is 2. The molecular formula is C36H22O2S4. The van der Waals surface area contributed by atoms with Gasteiger partial charge >= 0.3 is 0 Å². The largest absolute Gasteiger partial charge is 0.507 e. The summed E-state index contributed by atoms with van der Waals surface area (Å²) in [7, 11) is 0. The van der Waals surface area contributed by atoms with E-state index in [0.717, 1.165) is 32.7 Å². The molecule has 0 saturated carbocycles. The zero-order chi connectivity index (χ0) is 28.2. The summed E-state index contributed by atoms with van der Waals surface area (Å²) in [5, 5.41) is 30.7. The summed E-state index contributed by atoms with van der Waals surface area (Å²) < 4.78 is 0. The van der Waals surface area contributed by atoms with Gasteiger partial charge in [0, 0.05) is 40.4 Å². The van der Waals surface area contributed by atoms with Crippen molar-refractivity contribution in [2.75, 3.05) is 0 Å². The fourth-order valence-electron chi connectivity index (χ4n) is 5.54. The highest BCUT2D eigenvalue weighted by atomic mass is 32.1. The maximum absolute atomic E-state index is 11.3. The Morgan fingerprint density at radius 3 is 1.26 bits per heavy atom. The van der Waals surface area contributed by atoms with E-state index in [4.69, 9.17) is 0 Å². The van der Waals surface area contributed by atoms with Gasteiger partial charge in [-0.1, -0.05) is 48.5 Å². The SMILES string of the molecule is Oc1ccc2ccc(-c3ccc(-c4cccs4)s3)cc2c1-c1c(O)ccc2ccc(-c3ccc(-c4cccs4)s3)cc12. The smallest absolute Gasteiger partial charge is 0.124 e. The summed E-state index contributed by atoms with van der Waals surface area (Å²) in [5.74, 6) is 0.295. The molecule has 2 N–H and O–H groups in total. The number of phenolic OH excluding ortho intramolecular Hbond substituents is 2. The van der Waals surface area contributed by atoms with Crippen LogP contribution in [0.5, 0.6) is 11.5 Å². The topological polar surface area (TPSA) is 40.5 Å². The quantitative estimate of drug-likeness (QED) is 0.202. The first-order chi connectivity index (χ1) is 20.6. The van der Waals surface area contributed by atoms with E-state index in [1.165, 1.54) is 29.3 Å². The minimum absolute atomic E-state index is 0.148. The molecule has 0 amide bonds. The molecule has 0 unspecified atom stereocenters. The van der Waals surface area contributed by atoms with Crippen LogP contribution in [0, 0.1) is 0 Å². The van der Waals surface area contributed by atoms with E-state index < -0.39 is 0 Å². The van der Waals surface area contributed by atoms with Crippen molar-refractivity contribution in [3.63, 3.8) is 0 Å². The van der Waals surface area contributed by atoms with Gasteiger partial charge in [0.05, 0.1) is 0 Å². The third-order valence-electron chi connectivity index (χ3n) is 7.56. The average Bonchev–Trinajstić information content (AvgIpc) is 3.84. The molecule has 0 aliphatic carbocycles. The molecule has 8 rings (SSSR count). The second-order valence-electron chi connectivity index (χ2n) is 10.1. The van der Waals surface area contributed by atoms with Crippen LogP contribution in [-0.2, 0) is 0 Å². The molecule has 2 nitrogen and oxygen atoms in total. The van der Waals surface area contributed by atoms with Gasteiger partial charge in [-0.2, -0.15) is 0 Å². The van der Waals surface area contributed by atoms with Gasteiger partial charge in [-0.05, 0) is 104 Å². The van der Waals surface area contributed by atoms with E-state index in [1.54, 1.807) is 57.5 Å². The third-order valence-corrected chi connectivity index (χ3v) is 12.0. The highest BCUT2D eigenvalue weighted by Gasteiger charge is 2.19. The van der Waals surface area contributed by atoms with Gasteiger partial charge in [-0.3, -0.25) is 0 Å². The molecule has 0 aliphatic rings. The number of hydrogen-bond donors (Lipinski definition) is 2. The Balaban J connectivity index is 1.30. The van der Waals surface area contributed by atoms with Crippen LogP contribution < -0.4 is 0 Å². The summed E-state index contributed by atoms with van der Waals surface area (Å²) in [6.07, 6.45) is 0. The number of fused-ring (bicyclic) bond motifs is 2. The van der Waals surface area contributed by atoms with Gasteiger partial charge in [-0.15, -0.1) is 45.3 Å². The first-order valence-electron chi connectivity index (χ1n) is 13.4. The van der Waals surface area contributed by atoms with E-state index in [-0.39, 0.29) is 11.5 Å². The van der Waals surface area contributed by atoms with E-state index in [2.05, 4.69) is 95.7 Å². The first-order valence-corrected chi connectivity index (χ1v) is 16.8. The molecule has 4 heterocycles. The molecule has 0 spiro atoms. The van der Waals surface area contributed by atoms with Gasteiger partial charge in [0.1, 0.15) is 11.5 Å². The van der Waals surface area contributed by atoms with E-state index in [1.807, 2.05) is 12.1 Å². The Morgan fingerprint density at radius 2 is 0.833 bits per heavy atom. The van der Waals surface area contributed by atoms with Crippen molar-refractivity contribution >= 4 is 66.9 Å². The molecule has 202 valence electrons. The average molecular weight is 615 g/mol. The molecular weight excluding hydrogens is 593 g/mol. The minimum Gasteiger partial charge on any atom is -0.507 e. The fraction of sp³-hybridized carbons (Fsp3) is 0. The number of rotatable bonds is 5. The Morgan fingerprint density at radius 1 is 0.405 bits per heavy atom. The molecule has 0 atom stereocenters. The van der Waals surface area contributed by atoms with Gasteiger partial charge in [-0.25, -0.2) is 0 Å². The highest BCUT2D eigenvalue weighted by molar-refractivity contribution is 7.23. The zero-order valence-electron chi connectivity index (χ0n) is 22.1. The Labute approximate surface area is 258 Å². The summed E-state index contributed by atoms with van der Waals surface area (Å²) in [6, 6.07) is 37.2. The standard InChI is InChI=1S/C36H22O2S4/c37-27-11-9-21-5-7-23(29-13-15-33(41-29)31-3-1-17-39-31)19-25(21)35(27)36-26-20-24(8-6-22(26)10-12-28(36)38)30-14-16-34(42-30)32-4-2-18-40-32/h1-20,37-38H. The van der Waals surface area contributed by atoms with Crippen LogP contribution >= 0.6 is 45.3 Å². The number of benzene rings is 4. The Bertz CT molecular complexity index is 2060. The Hall–Kier alpha value is -4.20. The second kappa shape index (κ2) is 10.3. The summed E-state index contributed by atoms with van der Waals surface area (Å²) in [5.41, 5.74) is 3.47. The van der Waals surface area contributed by atoms with Gasteiger partial charge in [0.25, 0.3) is 0 Å². The predicted octanol–water partition coefficient (Wildman–Crippen LogP) is 12.0. The molecule has 0 saturated heterocycles.